The summed E-state index contributed by atoms with van der Waals surface area (Å²) in [6, 6.07) is 2.12. The van der Waals surface area contributed by atoms with Crippen LogP contribution in [0.5, 0.6) is 0 Å². The monoisotopic (exact) mass is 159 g/mol. The van der Waals surface area contributed by atoms with Gasteiger partial charge in [0.2, 0.25) is 0 Å². The molecule has 1 nitrogen and oxygen atoms in total. The van der Waals surface area contributed by atoms with Crippen LogP contribution in [0.3, 0.4) is 0 Å². The molecule has 62 valence electrons. The molecule has 1 heteroatoms. The molecule has 2 rings (SSSR count). The molecule has 1 saturated carbocycles. The largest absolute Gasteiger partial charge is 0.193 e. The molecule has 0 saturated heterocycles. The molecule has 0 aromatic heterocycles. The van der Waals surface area contributed by atoms with Gasteiger partial charge in [-0.25, -0.2) is 0 Å². The highest BCUT2D eigenvalue weighted by Gasteiger charge is 2.38. The first-order chi connectivity index (χ1) is 5.85. The molecular formula is C11H13N. The lowest BCUT2D eigenvalue weighted by atomic mass is 9.71. The SMILES string of the molecule is CCC1=C[C@H]2C(=CC#N)C[C@H]2C1. The normalized spacial score (nSPS) is 35.3. The minimum Gasteiger partial charge on any atom is -0.193 e. The van der Waals surface area contributed by atoms with Crippen molar-refractivity contribution in [2.75, 3.05) is 0 Å². The Hall–Kier alpha value is -1.03. The second-order valence-corrected chi connectivity index (χ2v) is 3.72. The number of allylic oxidation sites excluding steroid dienone is 4. The van der Waals surface area contributed by atoms with Crippen LogP contribution in [0.4, 0.5) is 0 Å². The van der Waals surface area contributed by atoms with Crippen molar-refractivity contribution in [2.24, 2.45) is 11.8 Å². The van der Waals surface area contributed by atoms with Crippen LogP contribution in [0.25, 0.3) is 0 Å². The quantitative estimate of drug-likeness (QED) is 0.426. The zero-order valence-electron chi connectivity index (χ0n) is 7.38. The molecule has 12 heavy (non-hydrogen) atoms. The Morgan fingerprint density at radius 1 is 1.67 bits per heavy atom. The van der Waals surface area contributed by atoms with E-state index < -0.39 is 0 Å². The van der Waals surface area contributed by atoms with Gasteiger partial charge < -0.3 is 0 Å². The maximum Gasteiger partial charge on any atom is 0.0911 e. The van der Waals surface area contributed by atoms with Crippen LogP contribution in [0.2, 0.25) is 0 Å². The third-order valence-electron chi connectivity index (χ3n) is 3.08. The lowest BCUT2D eigenvalue weighted by molar-refractivity contribution is 0.354. The van der Waals surface area contributed by atoms with E-state index in [4.69, 9.17) is 5.26 Å². The summed E-state index contributed by atoms with van der Waals surface area (Å²) in [7, 11) is 0. The molecule has 0 aromatic carbocycles. The Morgan fingerprint density at radius 3 is 3.17 bits per heavy atom. The van der Waals surface area contributed by atoms with Crippen molar-refractivity contribution in [3.05, 3.63) is 23.3 Å². The van der Waals surface area contributed by atoms with E-state index in [1.807, 2.05) is 0 Å². The van der Waals surface area contributed by atoms with Crippen LogP contribution < -0.4 is 0 Å². The lowest BCUT2D eigenvalue weighted by Gasteiger charge is -2.33. The summed E-state index contributed by atoms with van der Waals surface area (Å²) in [4.78, 5) is 0. The van der Waals surface area contributed by atoms with Gasteiger partial charge in [0.15, 0.2) is 0 Å². The fraction of sp³-hybridized carbons (Fsp3) is 0.545. The van der Waals surface area contributed by atoms with Crippen LogP contribution in [0.15, 0.2) is 23.3 Å². The Kier molecular flexibility index (Phi) is 1.77. The summed E-state index contributed by atoms with van der Waals surface area (Å²) in [6.45, 7) is 2.21. The fourth-order valence-corrected chi connectivity index (χ4v) is 2.31. The van der Waals surface area contributed by atoms with Gasteiger partial charge in [-0.05, 0) is 25.2 Å². The number of hydrogen-bond donors (Lipinski definition) is 0. The molecule has 1 fully saturated rings. The highest BCUT2D eigenvalue weighted by molar-refractivity contribution is 5.35. The first kappa shape index (κ1) is 7.61. The van der Waals surface area contributed by atoms with Crippen molar-refractivity contribution in [1.29, 1.82) is 5.26 Å². The average molecular weight is 159 g/mol. The van der Waals surface area contributed by atoms with Gasteiger partial charge in [-0.1, -0.05) is 24.1 Å². The molecule has 2 aliphatic carbocycles. The van der Waals surface area contributed by atoms with Crippen molar-refractivity contribution in [3.8, 4) is 6.07 Å². The average Bonchev–Trinajstić information content (AvgIpc) is 2.39. The topological polar surface area (TPSA) is 23.8 Å². The molecule has 0 aromatic rings. The van der Waals surface area contributed by atoms with Gasteiger partial charge in [0, 0.05) is 12.0 Å². The summed E-state index contributed by atoms with van der Waals surface area (Å²) < 4.78 is 0. The van der Waals surface area contributed by atoms with Gasteiger partial charge in [0.05, 0.1) is 6.07 Å². The predicted molar refractivity (Wildman–Crippen MR) is 48.3 cm³/mol. The van der Waals surface area contributed by atoms with Gasteiger partial charge in [0.1, 0.15) is 0 Å². The smallest absolute Gasteiger partial charge is 0.0911 e. The van der Waals surface area contributed by atoms with Crippen LogP contribution >= 0.6 is 0 Å². The Morgan fingerprint density at radius 2 is 2.50 bits per heavy atom. The minimum atomic E-state index is 0.639. The van der Waals surface area contributed by atoms with Crippen molar-refractivity contribution in [3.63, 3.8) is 0 Å². The van der Waals surface area contributed by atoms with E-state index in [0.717, 1.165) is 12.3 Å². The summed E-state index contributed by atoms with van der Waals surface area (Å²) in [5, 5.41) is 8.50. The molecule has 2 aliphatic rings. The van der Waals surface area contributed by atoms with Gasteiger partial charge in [-0.2, -0.15) is 5.26 Å². The standard InChI is InChI=1S/C11H13N/c1-2-8-5-10-7-9(3-4-12)11(10)6-8/h3,6,10-11H,2,5,7H2,1H3/t10-,11+/m1/s1. The van der Waals surface area contributed by atoms with Gasteiger partial charge in [-0.3, -0.25) is 0 Å². The van der Waals surface area contributed by atoms with Crippen LogP contribution in [-0.4, -0.2) is 0 Å². The summed E-state index contributed by atoms with van der Waals surface area (Å²) in [6.07, 6.45) is 7.74. The van der Waals surface area contributed by atoms with Crippen molar-refractivity contribution < 1.29 is 0 Å². The van der Waals surface area contributed by atoms with Crippen molar-refractivity contribution in [2.45, 2.75) is 26.2 Å². The molecule has 0 amide bonds. The molecule has 0 aliphatic heterocycles. The van der Waals surface area contributed by atoms with Crippen LogP contribution in [-0.2, 0) is 0 Å². The fourth-order valence-electron chi connectivity index (χ4n) is 2.31. The van der Waals surface area contributed by atoms with E-state index in [2.05, 4.69) is 19.1 Å². The Bertz CT molecular complexity index is 291. The molecule has 2 atom stereocenters. The van der Waals surface area contributed by atoms with E-state index >= 15 is 0 Å². The molecule has 0 heterocycles. The number of rotatable bonds is 1. The number of nitriles is 1. The van der Waals surface area contributed by atoms with E-state index in [0.29, 0.717) is 5.92 Å². The summed E-state index contributed by atoms with van der Waals surface area (Å²) in [5.41, 5.74) is 2.94. The Labute approximate surface area is 73.4 Å². The molecular weight excluding hydrogens is 146 g/mol. The number of nitrogens with zero attached hydrogens (tertiary/aromatic N) is 1. The zero-order valence-corrected chi connectivity index (χ0v) is 7.38. The van der Waals surface area contributed by atoms with Gasteiger partial charge in [-0.15, -0.1) is 0 Å². The van der Waals surface area contributed by atoms with E-state index in [1.54, 1.807) is 11.6 Å². The molecule has 0 radical (unpaired) electrons. The second kappa shape index (κ2) is 2.79. The summed E-state index contributed by atoms with van der Waals surface area (Å²) >= 11 is 0. The summed E-state index contributed by atoms with van der Waals surface area (Å²) in [5.74, 6) is 1.49. The maximum atomic E-state index is 8.50. The number of fused-ring (bicyclic) bond motifs is 1. The zero-order chi connectivity index (χ0) is 8.55. The van der Waals surface area contributed by atoms with Gasteiger partial charge in [0.25, 0.3) is 0 Å². The first-order valence-corrected chi connectivity index (χ1v) is 4.63. The third-order valence-corrected chi connectivity index (χ3v) is 3.08. The molecule has 0 unspecified atom stereocenters. The van der Waals surface area contributed by atoms with Crippen LogP contribution in [0.1, 0.15) is 26.2 Å². The van der Waals surface area contributed by atoms with Gasteiger partial charge >= 0.3 is 0 Å². The van der Waals surface area contributed by atoms with E-state index in [9.17, 15) is 0 Å². The predicted octanol–water partition coefficient (Wildman–Crippen LogP) is 2.81. The van der Waals surface area contributed by atoms with Crippen molar-refractivity contribution >= 4 is 0 Å². The molecule has 0 spiro atoms. The van der Waals surface area contributed by atoms with E-state index in [-0.39, 0.29) is 0 Å². The maximum absolute atomic E-state index is 8.50. The third kappa shape index (κ3) is 0.992. The first-order valence-electron chi connectivity index (χ1n) is 4.63. The molecule has 0 N–H and O–H groups in total. The lowest BCUT2D eigenvalue weighted by Crippen LogP contribution is -2.23. The van der Waals surface area contributed by atoms with E-state index in [1.165, 1.54) is 18.4 Å². The van der Waals surface area contributed by atoms with Crippen molar-refractivity contribution in [1.82, 2.24) is 0 Å². The minimum absolute atomic E-state index is 0.639. The van der Waals surface area contributed by atoms with Crippen LogP contribution in [0, 0.1) is 23.2 Å². The Balaban J connectivity index is 2.11. The molecule has 0 bridgehead atoms. The highest BCUT2D eigenvalue weighted by Crippen LogP contribution is 2.49. The second-order valence-electron chi connectivity index (χ2n) is 3.72. The number of hydrogen-bond acceptors (Lipinski definition) is 1. The highest BCUT2D eigenvalue weighted by atomic mass is 14.4.